The van der Waals surface area contributed by atoms with Crippen molar-refractivity contribution in [2.75, 3.05) is 6.61 Å². The fourth-order valence-electron chi connectivity index (χ4n) is 0.829. The maximum Gasteiger partial charge on any atom is 0.157 e. The van der Waals surface area contributed by atoms with Crippen LogP contribution in [0.15, 0.2) is 0 Å². The highest BCUT2D eigenvalue weighted by Crippen LogP contribution is 2.30. The van der Waals surface area contributed by atoms with E-state index in [4.69, 9.17) is 5.11 Å². The third kappa shape index (κ3) is 1.32. The molecule has 1 saturated carbocycles. The number of aliphatic hydroxyl groups is 1. The SMILES string of the molecule is CC(CO)S(=O)(=O)C1CC1. The Labute approximate surface area is 61.0 Å². The first kappa shape index (κ1) is 8.01. The average Bonchev–Trinajstić information content (AvgIpc) is 2.66. The summed E-state index contributed by atoms with van der Waals surface area (Å²) in [7, 11) is -2.97. The van der Waals surface area contributed by atoms with E-state index in [0.29, 0.717) is 0 Å². The van der Waals surface area contributed by atoms with Gasteiger partial charge in [-0.15, -0.1) is 0 Å². The Bertz CT molecular complexity index is 203. The summed E-state index contributed by atoms with van der Waals surface area (Å²) < 4.78 is 22.3. The molecular weight excluding hydrogens is 152 g/mol. The van der Waals surface area contributed by atoms with Crippen LogP contribution in [0.2, 0.25) is 0 Å². The average molecular weight is 164 g/mol. The Balaban J connectivity index is 2.67. The highest BCUT2D eigenvalue weighted by Gasteiger charge is 2.38. The number of rotatable bonds is 3. The van der Waals surface area contributed by atoms with Gasteiger partial charge in [0, 0.05) is 0 Å². The third-order valence-corrected chi connectivity index (χ3v) is 4.48. The molecule has 1 N–H and O–H groups in total. The summed E-state index contributed by atoms with van der Waals surface area (Å²) in [4.78, 5) is 0. The molecule has 0 aromatic carbocycles. The predicted octanol–water partition coefficient (Wildman–Crippen LogP) is -0.0556. The summed E-state index contributed by atoms with van der Waals surface area (Å²) in [6.07, 6.45) is 1.57. The second-order valence-corrected chi connectivity index (χ2v) is 5.43. The summed E-state index contributed by atoms with van der Waals surface area (Å²) in [5.74, 6) is 0. The smallest absolute Gasteiger partial charge is 0.157 e. The molecule has 0 spiro atoms. The van der Waals surface area contributed by atoms with E-state index in [-0.39, 0.29) is 11.9 Å². The van der Waals surface area contributed by atoms with E-state index in [1.54, 1.807) is 6.92 Å². The Hall–Kier alpha value is -0.0900. The molecule has 4 heteroatoms. The van der Waals surface area contributed by atoms with Gasteiger partial charge in [0.05, 0.1) is 17.1 Å². The van der Waals surface area contributed by atoms with E-state index < -0.39 is 15.1 Å². The van der Waals surface area contributed by atoms with Crippen LogP contribution in [0.4, 0.5) is 0 Å². The van der Waals surface area contributed by atoms with Crippen molar-refractivity contribution in [2.45, 2.75) is 30.3 Å². The fourth-order valence-corrected chi connectivity index (χ4v) is 2.49. The van der Waals surface area contributed by atoms with Gasteiger partial charge in [-0.05, 0) is 19.8 Å². The number of aliphatic hydroxyl groups excluding tert-OH is 1. The van der Waals surface area contributed by atoms with Crippen molar-refractivity contribution in [3.8, 4) is 0 Å². The summed E-state index contributed by atoms with van der Waals surface area (Å²) in [6.45, 7) is 1.30. The van der Waals surface area contributed by atoms with E-state index in [9.17, 15) is 8.42 Å². The van der Waals surface area contributed by atoms with Crippen LogP contribution in [0.5, 0.6) is 0 Å². The summed E-state index contributed by atoms with van der Waals surface area (Å²) in [6, 6.07) is 0. The molecule has 0 aromatic rings. The van der Waals surface area contributed by atoms with Crippen LogP contribution in [0, 0.1) is 0 Å². The molecular formula is C6H12O3S. The maximum atomic E-state index is 11.2. The second kappa shape index (κ2) is 2.51. The van der Waals surface area contributed by atoms with Crippen molar-refractivity contribution in [1.82, 2.24) is 0 Å². The Kier molecular flexibility index (Phi) is 2.01. The summed E-state index contributed by atoms with van der Waals surface area (Å²) in [5.41, 5.74) is 0. The number of hydrogen-bond acceptors (Lipinski definition) is 3. The first-order valence-corrected chi connectivity index (χ1v) is 5.03. The van der Waals surface area contributed by atoms with Gasteiger partial charge in [0.15, 0.2) is 9.84 Å². The van der Waals surface area contributed by atoms with Gasteiger partial charge in [-0.1, -0.05) is 0 Å². The summed E-state index contributed by atoms with van der Waals surface area (Å²) >= 11 is 0. The largest absolute Gasteiger partial charge is 0.395 e. The van der Waals surface area contributed by atoms with Gasteiger partial charge in [-0.3, -0.25) is 0 Å². The van der Waals surface area contributed by atoms with Gasteiger partial charge in [0.2, 0.25) is 0 Å². The molecule has 0 aromatic heterocycles. The van der Waals surface area contributed by atoms with E-state index in [2.05, 4.69) is 0 Å². The molecule has 0 heterocycles. The molecule has 0 radical (unpaired) electrons. The molecule has 1 rings (SSSR count). The van der Waals surface area contributed by atoms with Crippen LogP contribution in [0.1, 0.15) is 19.8 Å². The van der Waals surface area contributed by atoms with Crippen molar-refractivity contribution < 1.29 is 13.5 Å². The van der Waals surface area contributed by atoms with Crippen LogP contribution in [0.25, 0.3) is 0 Å². The normalized spacial score (nSPS) is 22.6. The van der Waals surface area contributed by atoms with Crippen LogP contribution >= 0.6 is 0 Å². The molecule has 1 atom stereocenters. The van der Waals surface area contributed by atoms with Gasteiger partial charge in [-0.25, -0.2) is 8.42 Å². The zero-order valence-corrected chi connectivity index (χ0v) is 6.76. The summed E-state index contributed by atoms with van der Waals surface area (Å²) in [5, 5.41) is 7.85. The molecule has 1 unspecified atom stereocenters. The minimum absolute atomic E-state index is 0.144. The van der Waals surface area contributed by atoms with Crippen molar-refractivity contribution in [3.05, 3.63) is 0 Å². The Morgan fingerprint density at radius 1 is 1.60 bits per heavy atom. The fraction of sp³-hybridized carbons (Fsp3) is 1.00. The number of hydrogen-bond donors (Lipinski definition) is 1. The van der Waals surface area contributed by atoms with Gasteiger partial charge in [0.25, 0.3) is 0 Å². The van der Waals surface area contributed by atoms with E-state index in [1.807, 2.05) is 0 Å². The maximum absolute atomic E-state index is 11.2. The standard InChI is InChI=1S/C6H12O3S/c1-5(4-7)10(8,9)6-2-3-6/h5-7H,2-4H2,1H3. The monoisotopic (exact) mass is 164 g/mol. The molecule has 0 saturated heterocycles. The van der Waals surface area contributed by atoms with Crippen molar-refractivity contribution in [3.63, 3.8) is 0 Å². The first-order chi connectivity index (χ1) is 4.59. The van der Waals surface area contributed by atoms with Gasteiger partial charge in [0.1, 0.15) is 0 Å². The quantitative estimate of drug-likeness (QED) is 0.636. The lowest BCUT2D eigenvalue weighted by molar-refractivity contribution is 0.295. The molecule has 0 bridgehead atoms. The lowest BCUT2D eigenvalue weighted by Gasteiger charge is -2.07. The lowest BCUT2D eigenvalue weighted by atomic mass is 10.5. The van der Waals surface area contributed by atoms with Crippen LogP contribution in [-0.4, -0.2) is 30.6 Å². The molecule has 0 amide bonds. The first-order valence-electron chi connectivity index (χ1n) is 3.42. The van der Waals surface area contributed by atoms with Gasteiger partial charge < -0.3 is 5.11 Å². The molecule has 0 aliphatic heterocycles. The zero-order chi connectivity index (χ0) is 7.78. The zero-order valence-electron chi connectivity index (χ0n) is 5.95. The number of sulfone groups is 1. The van der Waals surface area contributed by atoms with E-state index in [1.165, 1.54) is 0 Å². The van der Waals surface area contributed by atoms with Crippen LogP contribution in [-0.2, 0) is 9.84 Å². The van der Waals surface area contributed by atoms with Gasteiger partial charge in [-0.2, -0.15) is 0 Å². The molecule has 3 nitrogen and oxygen atoms in total. The van der Waals surface area contributed by atoms with Crippen molar-refractivity contribution in [1.29, 1.82) is 0 Å². The second-order valence-electron chi connectivity index (χ2n) is 2.78. The predicted molar refractivity (Wildman–Crippen MR) is 38.5 cm³/mol. The van der Waals surface area contributed by atoms with E-state index in [0.717, 1.165) is 12.8 Å². The Morgan fingerprint density at radius 2 is 2.10 bits per heavy atom. The van der Waals surface area contributed by atoms with E-state index >= 15 is 0 Å². The van der Waals surface area contributed by atoms with Gasteiger partial charge >= 0.3 is 0 Å². The molecule has 60 valence electrons. The van der Waals surface area contributed by atoms with Crippen LogP contribution < -0.4 is 0 Å². The highest BCUT2D eigenvalue weighted by atomic mass is 32.2. The minimum Gasteiger partial charge on any atom is -0.395 e. The van der Waals surface area contributed by atoms with Crippen molar-refractivity contribution in [2.24, 2.45) is 0 Å². The van der Waals surface area contributed by atoms with Crippen LogP contribution in [0.3, 0.4) is 0 Å². The molecule has 1 aliphatic rings. The molecule has 1 fully saturated rings. The lowest BCUT2D eigenvalue weighted by Crippen LogP contribution is -2.24. The molecule has 1 aliphatic carbocycles. The minimum atomic E-state index is -2.97. The third-order valence-electron chi connectivity index (χ3n) is 1.81. The highest BCUT2D eigenvalue weighted by molar-refractivity contribution is 7.92. The topological polar surface area (TPSA) is 54.4 Å². The van der Waals surface area contributed by atoms with Crippen molar-refractivity contribution >= 4 is 9.84 Å². The Morgan fingerprint density at radius 3 is 2.40 bits per heavy atom. The molecule has 10 heavy (non-hydrogen) atoms.